The number of hydrogen-bond acceptors (Lipinski definition) is 5. The quantitative estimate of drug-likeness (QED) is 0.469. The van der Waals surface area contributed by atoms with Crippen LogP contribution in [0.3, 0.4) is 0 Å². The predicted octanol–water partition coefficient (Wildman–Crippen LogP) is 4.54. The number of pyridine rings is 1. The predicted molar refractivity (Wildman–Crippen MR) is 123 cm³/mol. The molecule has 0 spiro atoms. The second kappa shape index (κ2) is 9.51. The van der Waals surface area contributed by atoms with Crippen LogP contribution in [0, 0.1) is 6.92 Å². The molecule has 0 aliphatic heterocycles. The summed E-state index contributed by atoms with van der Waals surface area (Å²) in [6, 6.07) is 17.5. The third-order valence-corrected chi connectivity index (χ3v) is 5.21. The van der Waals surface area contributed by atoms with E-state index in [1.807, 2.05) is 61.5 Å². The van der Waals surface area contributed by atoms with Gasteiger partial charge in [-0.05, 0) is 36.6 Å². The maximum absolute atomic E-state index is 13.5. The minimum absolute atomic E-state index is 0.153. The number of nitrogens with one attached hydrogen (secondary N) is 1. The maximum atomic E-state index is 13.5. The molecule has 7 nitrogen and oxygen atoms in total. The van der Waals surface area contributed by atoms with Gasteiger partial charge >= 0.3 is 0 Å². The summed E-state index contributed by atoms with van der Waals surface area (Å²) in [6.45, 7) is 6.72. The van der Waals surface area contributed by atoms with Crippen molar-refractivity contribution >= 4 is 5.91 Å². The summed E-state index contributed by atoms with van der Waals surface area (Å²) in [5.74, 6) is 0.751. The van der Waals surface area contributed by atoms with Crippen molar-refractivity contribution in [1.29, 1.82) is 0 Å². The number of amides is 1. The van der Waals surface area contributed by atoms with Gasteiger partial charge < -0.3 is 4.90 Å². The van der Waals surface area contributed by atoms with E-state index in [4.69, 9.17) is 0 Å². The SMILES string of the molecule is Cc1ncc(-c2ccccn2)c(CN(Cc2ccccc2)C(=O)c2cc(C(C)C)[nH]n2)n1. The largest absolute Gasteiger partial charge is 0.327 e. The van der Waals surface area contributed by atoms with E-state index in [2.05, 4.69) is 39.0 Å². The fourth-order valence-corrected chi connectivity index (χ4v) is 3.46. The fraction of sp³-hybridized carbons (Fsp3) is 0.240. The summed E-state index contributed by atoms with van der Waals surface area (Å²) in [7, 11) is 0. The second-order valence-electron chi connectivity index (χ2n) is 8.00. The zero-order valence-electron chi connectivity index (χ0n) is 18.5. The van der Waals surface area contributed by atoms with Gasteiger partial charge in [-0.25, -0.2) is 9.97 Å². The molecule has 1 aromatic carbocycles. The van der Waals surface area contributed by atoms with Crippen LogP contribution in [0.15, 0.2) is 67.0 Å². The van der Waals surface area contributed by atoms with Crippen LogP contribution < -0.4 is 0 Å². The topological polar surface area (TPSA) is 87.7 Å². The first kappa shape index (κ1) is 21.4. The Balaban J connectivity index is 1.71. The van der Waals surface area contributed by atoms with E-state index < -0.39 is 0 Å². The smallest absolute Gasteiger partial charge is 0.275 e. The monoisotopic (exact) mass is 426 g/mol. The average molecular weight is 427 g/mol. The van der Waals surface area contributed by atoms with Crippen LogP contribution in [0.4, 0.5) is 0 Å². The molecule has 0 unspecified atom stereocenters. The van der Waals surface area contributed by atoms with E-state index in [0.29, 0.717) is 24.6 Å². The normalized spacial score (nSPS) is 11.0. The number of carbonyl (C=O) groups excluding carboxylic acids is 1. The number of hydrogen-bond donors (Lipinski definition) is 1. The van der Waals surface area contributed by atoms with Gasteiger partial charge in [0.05, 0.1) is 17.9 Å². The lowest BCUT2D eigenvalue weighted by Crippen LogP contribution is -2.31. The van der Waals surface area contributed by atoms with E-state index in [9.17, 15) is 4.79 Å². The molecule has 0 radical (unpaired) electrons. The molecule has 32 heavy (non-hydrogen) atoms. The molecule has 0 saturated heterocycles. The molecule has 3 aromatic heterocycles. The molecule has 1 amide bonds. The van der Waals surface area contributed by atoms with Crippen LogP contribution in [0.2, 0.25) is 0 Å². The zero-order valence-corrected chi connectivity index (χ0v) is 18.5. The molecule has 1 N–H and O–H groups in total. The van der Waals surface area contributed by atoms with Crippen LogP contribution in [-0.2, 0) is 13.1 Å². The Labute approximate surface area is 187 Å². The summed E-state index contributed by atoms with van der Waals surface area (Å²) in [4.78, 5) is 28.8. The molecule has 0 aliphatic rings. The van der Waals surface area contributed by atoms with Gasteiger partial charge in [-0.15, -0.1) is 0 Å². The molecule has 0 fully saturated rings. The van der Waals surface area contributed by atoms with Crippen LogP contribution in [0.5, 0.6) is 0 Å². The summed E-state index contributed by atoms with van der Waals surface area (Å²) in [5.41, 5.74) is 4.70. The first-order chi connectivity index (χ1) is 15.5. The van der Waals surface area contributed by atoms with Gasteiger partial charge in [0.25, 0.3) is 5.91 Å². The summed E-state index contributed by atoms with van der Waals surface area (Å²) in [6.07, 6.45) is 3.51. The number of carbonyl (C=O) groups is 1. The van der Waals surface area contributed by atoms with E-state index in [0.717, 1.165) is 28.2 Å². The van der Waals surface area contributed by atoms with Crippen molar-refractivity contribution in [3.8, 4) is 11.3 Å². The number of nitrogens with zero attached hydrogens (tertiary/aromatic N) is 5. The first-order valence-electron chi connectivity index (χ1n) is 10.6. The van der Waals surface area contributed by atoms with Crippen LogP contribution in [0.25, 0.3) is 11.3 Å². The second-order valence-corrected chi connectivity index (χ2v) is 8.00. The Hall–Kier alpha value is -3.87. The van der Waals surface area contributed by atoms with Gasteiger partial charge in [0.15, 0.2) is 0 Å². The molecule has 7 heteroatoms. The maximum Gasteiger partial charge on any atom is 0.275 e. The highest BCUT2D eigenvalue weighted by molar-refractivity contribution is 5.92. The van der Waals surface area contributed by atoms with Crippen LogP contribution in [-0.4, -0.2) is 36.0 Å². The van der Waals surface area contributed by atoms with Crippen molar-refractivity contribution in [2.45, 2.75) is 39.8 Å². The van der Waals surface area contributed by atoms with Crippen molar-refractivity contribution in [3.05, 3.63) is 95.5 Å². The molecular formula is C25H26N6O. The highest BCUT2D eigenvalue weighted by Gasteiger charge is 2.22. The highest BCUT2D eigenvalue weighted by atomic mass is 16.2. The Bertz CT molecular complexity index is 1190. The number of rotatable bonds is 7. The van der Waals surface area contributed by atoms with Crippen LogP contribution >= 0.6 is 0 Å². The number of H-pyrrole nitrogens is 1. The van der Waals surface area contributed by atoms with Gasteiger partial charge in [-0.3, -0.25) is 14.9 Å². The summed E-state index contributed by atoms with van der Waals surface area (Å²) >= 11 is 0. The third-order valence-electron chi connectivity index (χ3n) is 5.21. The van der Waals surface area contributed by atoms with Gasteiger partial charge in [-0.1, -0.05) is 50.2 Å². The van der Waals surface area contributed by atoms with Crippen LogP contribution in [0.1, 0.15) is 53.0 Å². The number of benzene rings is 1. The molecule has 0 bridgehead atoms. The molecule has 0 saturated carbocycles. The summed E-state index contributed by atoms with van der Waals surface area (Å²) < 4.78 is 0. The molecule has 4 rings (SSSR count). The minimum Gasteiger partial charge on any atom is -0.327 e. The van der Waals surface area contributed by atoms with Crippen molar-refractivity contribution < 1.29 is 4.79 Å². The van der Waals surface area contributed by atoms with Gasteiger partial charge in [0.2, 0.25) is 0 Å². The van der Waals surface area contributed by atoms with E-state index in [1.54, 1.807) is 17.3 Å². The number of aromatic nitrogens is 5. The lowest BCUT2D eigenvalue weighted by molar-refractivity contribution is 0.0722. The van der Waals surface area contributed by atoms with Crippen molar-refractivity contribution in [2.75, 3.05) is 0 Å². The third kappa shape index (κ3) is 4.88. The Morgan fingerprint density at radius 3 is 2.50 bits per heavy atom. The van der Waals surface area contributed by atoms with E-state index in [-0.39, 0.29) is 11.8 Å². The lowest BCUT2D eigenvalue weighted by atomic mass is 10.1. The number of aryl methyl sites for hydroxylation is 1. The lowest BCUT2D eigenvalue weighted by Gasteiger charge is -2.23. The molecule has 3 heterocycles. The van der Waals surface area contributed by atoms with Gasteiger partial charge in [0, 0.05) is 30.2 Å². The molecule has 0 aliphatic carbocycles. The van der Waals surface area contributed by atoms with Crippen molar-refractivity contribution in [2.24, 2.45) is 0 Å². The first-order valence-corrected chi connectivity index (χ1v) is 10.6. The molecular weight excluding hydrogens is 400 g/mol. The Morgan fingerprint density at radius 2 is 1.81 bits per heavy atom. The van der Waals surface area contributed by atoms with E-state index >= 15 is 0 Å². The molecule has 4 aromatic rings. The molecule has 0 atom stereocenters. The zero-order chi connectivity index (χ0) is 22.5. The summed E-state index contributed by atoms with van der Waals surface area (Å²) in [5, 5.41) is 7.26. The van der Waals surface area contributed by atoms with Gasteiger partial charge in [0.1, 0.15) is 11.5 Å². The Morgan fingerprint density at radius 1 is 1.03 bits per heavy atom. The standard InChI is InChI=1S/C25H26N6O/c1-17(2)22-13-23(30-29-22)25(32)31(15-19-9-5-4-6-10-19)16-24-20(14-27-18(3)28-24)21-11-7-8-12-26-21/h4-14,17H,15-16H2,1-3H3,(H,29,30). The highest BCUT2D eigenvalue weighted by Crippen LogP contribution is 2.23. The van der Waals surface area contributed by atoms with Gasteiger partial charge in [-0.2, -0.15) is 5.10 Å². The van der Waals surface area contributed by atoms with E-state index in [1.165, 1.54) is 0 Å². The van der Waals surface area contributed by atoms with Crippen molar-refractivity contribution in [3.63, 3.8) is 0 Å². The molecule has 162 valence electrons. The van der Waals surface area contributed by atoms with Crippen molar-refractivity contribution in [1.82, 2.24) is 30.0 Å². The Kier molecular flexibility index (Phi) is 6.35. The number of aromatic amines is 1. The fourth-order valence-electron chi connectivity index (χ4n) is 3.46. The minimum atomic E-state index is -0.153. The average Bonchev–Trinajstić information content (AvgIpc) is 3.30.